The van der Waals surface area contributed by atoms with Gasteiger partial charge in [-0.15, -0.1) is 0 Å². The molecule has 27 heavy (non-hydrogen) atoms. The lowest BCUT2D eigenvalue weighted by atomic mass is 9.34. The first kappa shape index (κ1) is 17.8. The third-order valence-corrected chi connectivity index (χ3v) is 9.11. The van der Waals surface area contributed by atoms with Crippen LogP contribution in [0, 0.1) is 34.0 Å². The number of allylic oxidation sites excluding steroid dienone is 2. The van der Waals surface area contributed by atoms with E-state index in [4.69, 9.17) is 0 Å². The Kier molecular flexibility index (Phi) is 3.57. The summed E-state index contributed by atoms with van der Waals surface area (Å²) in [7, 11) is 0. The minimum Gasteiger partial charge on any atom is -0.395 e. The smallest absolute Gasteiger partial charge is 0.172 e. The van der Waals surface area contributed by atoms with Crippen molar-refractivity contribution >= 4 is 11.6 Å². The predicted octanol–water partition coefficient (Wildman–Crippen LogP) is 2.77. The molecule has 1 spiro atoms. The van der Waals surface area contributed by atoms with Crippen molar-refractivity contribution in [2.75, 3.05) is 26.2 Å². The van der Waals surface area contributed by atoms with Crippen molar-refractivity contribution in [2.45, 2.75) is 45.4 Å². The van der Waals surface area contributed by atoms with Crippen molar-refractivity contribution in [1.82, 2.24) is 4.90 Å². The van der Waals surface area contributed by atoms with E-state index < -0.39 is 5.41 Å². The third kappa shape index (κ3) is 1.91. The predicted molar refractivity (Wildman–Crippen MR) is 103 cm³/mol. The van der Waals surface area contributed by atoms with E-state index in [1.807, 2.05) is 0 Å². The summed E-state index contributed by atoms with van der Waals surface area (Å²) >= 11 is 0. The maximum Gasteiger partial charge on any atom is 0.172 e. The SMILES string of the molecule is C=C1C(=O)[C@]23CC[C@H]1C[C@H]2[C@@]12CCC[C@@](C)(CN(CCO)C1)[C@H]2C(=C)C3=O. The molecular formula is C23H31NO3. The van der Waals surface area contributed by atoms with Crippen LogP contribution in [0.1, 0.15) is 45.4 Å². The molecule has 4 bridgehead atoms. The Bertz CT molecular complexity index is 772. The Hall–Kier alpha value is -1.26. The lowest BCUT2D eigenvalue weighted by molar-refractivity contribution is -0.197. The number of rotatable bonds is 2. The molecule has 0 amide bonds. The summed E-state index contributed by atoms with van der Waals surface area (Å²) in [6.07, 6.45) is 5.86. The van der Waals surface area contributed by atoms with Crippen LogP contribution in [0.3, 0.4) is 0 Å². The van der Waals surface area contributed by atoms with Gasteiger partial charge in [0.15, 0.2) is 11.6 Å². The van der Waals surface area contributed by atoms with Crippen molar-refractivity contribution < 1.29 is 14.7 Å². The molecule has 0 unspecified atom stereocenters. The van der Waals surface area contributed by atoms with Gasteiger partial charge in [-0.1, -0.05) is 26.5 Å². The fraction of sp³-hybridized carbons (Fsp3) is 0.739. The molecule has 1 saturated heterocycles. The van der Waals surface area contributed by atoms with Crippen LogP contribution >= 0.6 is 0 Å². The van der Waals surface area contributed by atoms with Gasteiger partial charge in [-0.2, -0.15) is 0 Å². The normalized spacial score (nSPS) is 49.2. The van der Waals surface area contributed by atoms with E-state index in [0.29, 0.717) is 18.5 Å². The Morgan fingerprint density at radius 1 is 1.11 bits per heavy atom. The zero-order chi connectivity index (χ0) is 19.2. The van der Waals surface area contributed by atoms with Crippen LogP contribution in [-0.4, -0.2) is 47.8 Å². The van der Waals surface area contributed by atoms with Gasteiger partial charge in [0.05, 0.1) is 12.0 Å². The van der Waals surface area contributed by atoms with Gasteiger partial charge in [0.1, 0.15) is 0 Å². The number of likely N-dealkylation sites (tertiary alicyclic amines) is 1. The lowest BCUT2D eigenvalue weighted by Gasteiger charge is -2.71. The number of Topliss-reactive ketones (excluding diaryl/α,β-unsaturated/α-hetero) is 2. The number of aliphatic hydroxyl groups excluding tert-OH is 1. The van der Waals surface area contributed by atoms with E-state index in [0.717, 1.165) is 50.8 Å². The molecule has 6 rings (SSSR count). The minimum absolute atomic E-state index is 0.0107. The molecule has 5 aliphatic carbocycles. The van der Waals surface area contributed by atoms with E-state index in [9.17, 15) is 14.7 Å². The summed E-state index contributed by atoms with van der Waals surface area (Å²) < 4.78 is 0. The van der Waals surface area contributed by atoms with Crippen molar-refractivity contribution in [1.29, 1.82) is 0 Å². The van der Waals surface area contributed by atoms with E-state index in [1.165, 1.54) is 0 Å². The summed E-state index contributed by atoms with van der Waals surface area (Å²) in [6, 6.07) is 0. The highest BCUT2D eigenvalue weighted by Crippen LogP contribution is 2.72. The number of hydrogen-bond donors (Lipinski definition) is 1. The quantitative estimate of drug-likeness (QED) is 0.601. The number of carbonyl (C=O) groups excluding carboxylic acids is 2. The summed E-state index contributed by atoms with van der Waals surface area (Å²) in [6.45, 7) is 13.4. The van der Waals surface area contributed by atoms with Crippen molar-refractivity contribution in [3.63, 3.8) is 0 Å². The minimum atomic E-state index is -0.889. The summed E-state index contributed by atoms with van der Waals surface area (Å²) in [4.78, 5) is 29.5. The lowest BCUT2D eigenvalue weighted by Crippen LogP contribution is -2.73. The van der Waals surface area contributed by atoms with Crippen LogP contribution in [0.25, 0.3) is 0 Å². The standard InChI is InChI=1S/C23H31NO3/c1-14-16-5-8-23(19(14)26)17(11-16)22-7-4-6-21(3,12-24(13-22)9-10-25)18(22)15(2)20(23)27/h16-18,25H,1-2,4-13H2,3H3/t16-,17-,18+,21-,22+,23-/m0/s1. The molecule has 6 atom stereocenters. The maximum atomic E-state index is 13.7. The number of ketones is 2. The summed E-state index contributed by atoms with van der Waals surface area (Å²) in [5.41, 5.74) is 0.477. The topological polar surface area (TPSA) is 57.6 Å². The molecule has 6 fully saturated rings. The molecular weight excluding hydrogens is 338 g/mol. The molecule has 0 aromatic carbocycles. The number of nitrogens with zero attached hydrogens (tertiary/aromatic N) is 1. The van der Waals surface area contributed by atoms with E-state index in [-0.39, 0.29) is 46.8 Å². The zero-order valence-electron chi connectivity index (χ0n) is 16.4. The fourth-order valence-electron chi connectivity index (χ4n) is 8.44. The monoisotopic (exact) mass is 369 g/mol. The Balaban J connectivity index is 1.70. The number of carbonyl (C=O) groups is 2. The first-order chi connectivity index (χ1) is 12.8. The van der Waals surface area contributed by atoms with Gasteiger partial charge in [-0.3, -0.25) is 14.5 Å². The first-order valence-corrected chi connectivity index (χ1v) is 10.6. The van der Waals surface area contributed by atoms with Crippen LogP contribution in [0.15, 0.2) is 24.3 Å². The zero-order valence-corrected chi connectivity index (χ0v) is 16.4. The van der Waals surface area contributed by atoms with Crippen LogP contribution in [0.4, 0.5) is 0 Å². The van der Waals surface area contributed by atoms with Gasteiger partial charge in [-0.25, -0.2) is 0 Å². The first-order valence-electron chi connectivity index (χ1n) is 10.6. The van der Waals surface area contributed by atoms with Crippen molar-refractivity contribution in [3.8, 4) is 0 Å². The van der Waals surface area contributed by atoms with Crippen LogP contribution < -0.4 is 0 Å². The van der Waals surface area contributed by atoms with Gasteiger partial charge in [0, 0.05) is 25.6 Å². The molecule has 1 heterocycles. The van der Waals surface area contributed by atoms with Crippen LogP contribution in [0.2, 0.25) is 0 Å². The summed E-state index contributed by atoms with van der Waals surface area (Å²) in [5, 5.41) is 9.59. The largest absolute Gasteiger partial charge is 0.395 e. The molecule has 5 saturated carbocycles. The Labute approximate surface area is 161 Å². The Morgan fingerprint density at radius 3 is 2.59 bits per heavy atom. The number of piperidine rings is 1. The molecule has 0 radical (unpaired) electrons. The second-order valence-corrected chi connectivity index (χ2v) is 10.3. The van der Waals surface area contributed by atoms with E-state index in [2.05, 4.69) is 25.0 Å². The number of aliphatic hydroxyl groups is 1. The van der Waals surface area contributed by atoms with E-state index >= 15 is 0 Å². The second-order valence-electron chi connectivity index (χ2n) is 10.3. The third-order valence-electron chi connectivity index (χ3n) is 9.11. The van der Waals surface area contributed by atoms with Gasteiger partial charge >= 0.3 is 0 Å². The summed E-state index contributed by atoms with van der Waals surface area (Å²) in [5.74, 6) is 0.616. The number of hydrogen-bond acceptors (Lipinski definition) is 4. The fourth-order valence-corrected chi connectivity index (χ4v) is 8.44. The molecule has 4 heteroatoms. The maximum absolute atomic E-state index is 13.7. The molecule has 6 aliphatic rings. The highest BCUT2D eigenvalue weighted by Gasteiger charge is 2.73. The Morgan fingerprint density at radius 2 is 1.85 bits per heavy atom. The van der Waals surface area contributed by atoms with Crippen molar-refractivity contribution in [3.05, 3.63) is 24.3 Å². The number of fused-ring (bicyclic) bond motifs is 2. The van der Waals surface area contributed by atoms with Crippen molar-refractivity contribution in [2.24, 2.45) is 34.0 Å². The molecule has 0 aromatic rings. The highest BCUT2D eigenvalue weighted by atomic mass is 16.3. The van der Waals surface area contributed by atoms with Gasteiger partial charge in [-0.05, 0) is 65.9 Å². The van der Waals surface area contributed by atoms with Gasteiger partial charge in [0.25, 0.3) is 0 Å². The second kappa shape index (κ2) is 5.42. The molecule has 0 aromatic heterocycles. The number of β-amino-alcohol motifs (C(OH)–C–C–N with tert-alkyl or cyclic N) is 1. The molecule has 146 valence electrons. The van der Waals surface area contributed by atoms with E-state index in [1.54, 1.807) is 0 Å². The average Bonchev–Trinajstić information content (AvgIpc) is 2.62. The molecule has 1 aliphatic heterocycles. The van der Waals surface area contributed by atoms with Gasteiger partial charge < -0.3 is 5.11 Å². The van der Waals surface area contributed by atoms with Crippen LogP contribution in [-0.2, 0) is 9.59 Å². The molecule has 1 N–H and O–H groups in total. The van der Waals surface area contributed by atoms with Gasteiger partial charge in [0.2, 0.25) is 0 Å². The average molecular weight is 370 g/mol. The van der Waals surface area contributed by atoms with Crippen LogP contribution in [0.5, 0.6) is 0 Å². The molecule has 4 nitrogen and oxygen atoms in total. The highest BCUT2D eigenvalue weighted by molar-refractivity contribution is 6.21.